The van der Waals surface area contributed by atoms with Crippen molar-refractivity contribution in [2.75, 3.05) is 16.8 Å². The van der Waals surface area contributed by atoms with Gasteiger partial charge >= 0.3 is 5.76 Å². The van der Waals surface area contributed by atoms with Crippen LogP contribution in [0.1, 0.15) is 12.8 Å². The fraction of sp³-hybridized carbons (Fsp3) is 0.353. The van der Waals surface area contributed by atoms with Crippen molar-refractivity contribution in [3.63, 3.8) is 0 Å². The second-order valence-corrected chi connectivity index (χ2v) is 6.31. The topological polar surface area (TPSA) is 85.3 Å². The van der Waals surface area contributed by atoms with E-state index >= 15 is 0 Å². The molecule has 25 heavy (non-hydrogen) atoms. The van der Waals surface area contributed by atoms with Gasteiger partial charge in [0.2, 0.25) is 5.91 Å². The van der Waals surface area contributed by atoms with Crippen LogP contribution in [0.15, 0.2) is 39.8 Å². The van der Waals surface area contributed by atoms with E-state index in [0.29, 0.717) is 12.1 Å². The Morgan fingerprint density at radius 1 is 1.28 bits per heavy atom. The van der Waals surface area contributed by atoms with Gasteiger partial charge in [-0.15, -0.1) is 0 Å². The Labute approximate surface area is 143 Å². The molecular formula is C17H19N5O3. The van der Waals surface area contributed by atoms with E-state index in [-0.39, 0.29) is 11.9 Å². The predicted molar refractivity (Wildman–Crippen MR) is 93.7 cm³/mol. The summed E-state index contributed by atoms with van der Waals surface area (Å²) in [6.07, 6.45) is 5.20. The molecule has 3 heterocycles. The summed E-state index contributed by atoms with van der Waals surface area (Å²) in [6.45, 7) is 0.690. The van der Waals surface area contributed by atoms with Crippen LogP contribution in [-0.2, 0) is 18.9 Å². The van der Waals surface area contributed by atoms with Crippen LogP contribution in [0.3, 0.4) is 0 Å². The van der Waals surface area contributed by atoms with E-state index in [4.69, 9.17) is 4.42 Å². The molecule has 0 spiro atoms. The monoisotopic (exact) mass is 341 g/mol. The summed E-state index contributed by atoms with van der Waals surface area (Å²) in [7, 11) is 3.49. The molecule has 0 saturated carbocycles. The quantitative estimate of drug-likeness (QED) is 0.780. The molecule has 1 N–H and O–H groups in total. The van der Waals surface area contributed by atoms with Gasteiger partial charge in [-0.1, -0.05) is 0 Å². The number of anilines is 2. The van der Waals surface area contributed by atoms with Crippen molar-refractivity contribution in [1.29, 1.82) is 0 Å². The van der Waals surface area contributed by atoms with Crippen molar-refractivity contribution >= 4 is 28.4 Å². The van der Waals surface area contributed by atoms with Crippen LogP contribution in [-0.4, -0.2) is 32.8 Å². The number of oxazole rings is 1. The molecular weight excluding hydrogens is 322 g/mol. The molecule has 8 heteroatoms. The van der Waals surface area contributed by atoms with E-state index in [1.54, 1.807) is 28.9 Å². The number of nitrogens with zero attached hydrogens (tertiary/aromatic N) is 4. The zero-order valence-electron chi connectivity index (χ0n) is 14.1. The number of hydrogen-bond acceptors (Lipinski definition) is 5. The molecule has 1 saturated heterocycles. The first-order chi connectivity index (χ1) is 12.0. The number of amides is 1. The zero-order valence-corrected chi connectivity index (χ0v) is 14.1. The Bertz CT molecular complexity index is 999. The van der Waals surface area contributed by atoms with Crippen LogP contribution in [0.2, 0.25) is 0 Å². The van der Waals surface area contributed by atoms with Crippen LogP contribution < -0.4 is 16.0 Å². The number of piperidine rings is 1. The second kappa shape index (κ2) is 5.80. The summed E-state index contributed by atoms with van der Waals surface area (Å²) in [6, 6.07) is 5.11. The summed E-state index contributed by atoms with van der Waals surface area (Å²) < 4.78 is 8.35. The number of aromatic nitrogens is 3. The first-order valence-electron chi connectivity index (χ1n) is 8.19. The standard InChI is InChI=1S/C17H19N5O3/c1-20-10-12(9-18-20)22-7-3-4-13(16(22)23)19-11-5-6-14-15(8-11)25-17(24)21(14)2/h5-6,8-10,13,19H,3-4,7H2,1-2H3/t13-/m0/s1. The molecule has 0 unspecified atom stereocenters. The number of fused-ring (bicyclic) bond motifs is 1. The summed E-state index contributed by atoms with van der Waals surface area (Å²) in [5.74, 6) is -0.377. The molecule has 8 nitrogen and oxygen atoms in total. The minimum Gasteiger partial charge on any atom is -0.408 e. The van der Waals surface area contributed by atoms with Crippen LogP contribution in [0.4, 0.5) is 11.4 Å². The molecule has 2 aromatic heterocycles. The van der Waals surface area contributed by atoms with Crippen molar-refractivity contribution in [1.82, 2.24) is 14.3 Å². The largest absolute Gasteiger partial charge is 0.419 e. The highest BCUT2D eigenvalue weighted by Gasteiger charge is 2.30. The predicted octanol–water partition coefficient (Wildman–Crippen LogP) is 1.47. The van der Waals surface area contributed by atoms with Crippen molar-refractivity contribution in [2.45, 2.75) is 18.9 Å². The summed E-state index contributed by atoms with van der Waals surface area (Å²) in [4.78, 5) is 26.2. The molecule has 0 bridgehead atoms. The lowest BCUT2D eigenvalue weighted by molar-refractivity contribution is -0.120. The fourth-order valence-corrected chi connectivity index (χ4v) is 3.24. The van der Waals surface area contributed by atoms with Gasteiger partial charge in [0, 0.05) is 38.6 Å². The minimum absolute atomic E-state index is 0.0221. The van der Waals surface area contributed by atoms with Crippen molar-refractivity contribution in [2.24, 2.45) is 14.1 Å². The lowest BCUT2D eigenvalue weighted by atomic mass is 10.0. The highest BCUT2D eigenvalue weighted by molar-refractivity contribution is 5.99. The van der Waals surface area contributed by atoms with Gasteiger partial charge in [0.15, 0.2) is 5.58 Å². The Hall–Kier alpha value is -3.03. The van der Waals surface area contributed by atoms with Gasteiger partial charge in [-0.2, -0.15) is 5.10 Å². The summed E-state index contributed by atoms with van der Waals surface area (Å²) in [5.41, 5.74) is 2.80. The molecule has 1 aromatic carbocycles. The van der Waals surface area contributed by atoms with Gasteiger partial charge in [-0.3, -0.25) is 14.0 Å². The molecule has 1 aliphatic rings. The molecule has 4 rings (SSSR count). The lowest BCUT2D eigenvalue weighted by Gasteiger charge is -2.32. The molecule has 1 atom stereocenters. The van der Waals surface area contributed by atoms with Crippen LogP contribution in [0.5, 0.6) is 0 Å². The maximum Gasteiger partial charge on any atom is 0.419 e. The normalized spacial score (nSPS) is 18.1. The van der Waals surface area contributed by atoms with Gasteiger partial charge in [-0.05, 0) is 25.0 Å². The molecule has 1 fully saturated rings. The summed E-state index contributed by atoms with van der Waals surface area (Å²) in [5, 5.41) is 7.41. The number of rotatable bonds is 3. The SMILES string of the molecule is Cn1cc(N2CCC[C@H](Nc3ccc4c(c3)oc(=O)n4C)C2=O)cn1. The molecule has 130 valence electrons. The molecule has 3 aromatic rings. The van der Waals surface area contributed by atoms with Crippen LogP contribution in [0, 0.1) is 0 Å². The van der Waals surface area contributed by atoms with Crippen molar-refractivity contribution in [3.05, 3.63) is 41.1 Å². The highest BCUT2D eigenvalue weighted by atomic mass is 16.4. The Kier molecular flexibility index (Phi) is 3.60. The van der Waals surface area contributed by atoms with Crippen LogP contribution in [0.25, 0.3) is 11.1 Å². The Balaban J connectivity index is 1.57. The summed E-state index contributed by atoms with van der Waals surface area (Å²) >= 11 is 0. The minimum atomic E-state index is -0.399. The smallest absolute Gasteiger partial charge is 0.408 e. The number of aryl methyl sites for hydroxylation is 2. The number of benzene rings is 1. The molecule has 0 aliphatic carbocycles. The molecule has 1 amide bonds. The van der Waals surface area contributed by atoms with E-state index in [1.807, 2.05) is 25.4 Å². The zero-order chi connectivity index (χ0) is 17.6. The van der Waals surface area contributed by atoms with Crippen molar-refractivity contribution in [3.8, 4) is 0 Å². The lowest BCUT2D eigenvalue weighted by Crippen LogP contribution is -2.47. The van der Waals surface area contributed by atoms with E-state index < -0.39 is 5.76 Å². The highest BCUT2D eigenvalue weighted by Crippen LogP contribution is 2.24. The first-order valence-corrected chi connectivity index (χ1v) is 8.19. The number of carbonyl (C=O) groups excluding carboxylic acids is 1. The maximum absolute atomic E-state index is 12.8. The average Bonchev–Trinajstić information content (AvgIpc) is 3.13. The van der Waals surface area contributed by atoms with E-state index in [9.17, 15) is 9.59 Å². The Morgan fingerprint density at radius 3 is 2.88 bits per heavy atom. The number of carbonyl (C=O) groups is 1. The Morgan fingerprint density at radius 2 is 2.12 bits per heavy atom. The average molecular weight is 341 g/mol. The van der Waals surface area contributed by atoms with E-state index in [1.165, 1.54) is 4.57 Å². The van der Waals surface area contributed by atoms with Gasteiger partial charge in [-0.25, -0.2) is 4.79 Å². The number of hydrogen-bond donors (Lipinski definition) is 1. The van der Waals surface area contributed by atoms with E-state index in [0.717, 1.165) is 29.7 Å². The van der Waals surface area contributed by atoms with Gasteiger partial charge in [0.05, 0.1) is 17.4 Å². The van der Waals surface area contributed by atoms with Crippen LogP contribution >= 0.6 is 0 Å². The van der Waals surface area contributed by atoms with E-state index in [2.05, 4.69) is 10.4 Å². The third kappa shape index (κ3) is 2.69. The first kappa shape index (κ1) is 15.5. The molecule has 1 aliphatic heterocycles. The fourth-order valence-electron chi connectivity index (χ4n) is 3.24. The van der Waals surface area contributed by atoms with Gasteiger partial charge < -0.3 is 14.6 Å². The number of nitrogens with one attached hydrogen (secondary N) is 1. The second-order valence-electron chi connectivity index (χ2n) is 6.31. The van der Waals surface area contributed by atoms with Gasteiger partial charge in [0.1, 0.15) is 6.04 Å². The molecule has 0 radical (unpaired) electrons. The maximum atomic E-state index is 12.8. The third-order valence-corrected chi connectivity index (χ3v) is 4.57. The van der Waals surface area contributed by atoms with Gasteiger partial charge in [0.25, 0.3) is 0 Å². The third-order valence-electron chi connectivity index (χ3n) is 4.57. The van der Waals surface area contributed by atoms with Crippen molar-refractivity contribution < 1.29 is 9.21 Å².